The van der Waals surface area contributed by atoms with Crippen molar-refractivity contribution in [2.75, 3.05) is 0 Å². The van der Waals surface area contributed by atoms with Gasteiger partial charge in [-0.05, 0) is 6.42 Å². The van der Waals surface area contributed by atoms with Gasteiger partial charge in [0, 0.05) is 0 Å². The minimum atomic E-state index is -5.06. The zero-order valence-electron chi connectivity index (χ0n) is 6.52. The first kappa shape index (κ1) is 10.8. The van der Waals surface area contributed by atoms with Crippen LogP contribution >= 0.6 is 0 Å². The zero-order chi connectivity index (χ0) is 9.83. The van der Waals surface area contributed by atoms with Crippen molar-refractivity contribution < 1.29 is 12.9 Å². The Morgan fingerprint density at radius 2 is 1.67 bits per heavy atom. The van der Waals surface area contributed by atoms with Crippen LogP contribution in [0.3, 0.4) is 0 Å². The summed E-state index contributed by atoms with van der Waals surface area (Å²) in [6.07, 6.45) is -1.39. The van der Waals surface area contributed by atoms with Gasteiger partial charge in [-0.25, -0.2) is 0 Å². The molecule has 0 atom stereocenters. The van der Waals surface area contributed by atoms with Crippen LogP contribution in [-0.2, 0) is 0 Å². The highest BCUT2D eigenvalue weighted by Gasteiger charge is 2.38. The Kier molecular flexibility index (Phi) is 3.15. The van der Waals surface area contributed by atoms with Crippen LogP contribution in [0.15, 0.2) is 0 Å². The minimum absolute atomic E-state index is 0.0960. The summed E-state index contributed by atoms with van der Waals surface area (Å²) in [5.74, 6) is 0. The summed E-state index contributed by atoms with van der Waals surface area (Å²) >= 11 is 0. The van der Waals surface area contributed by atoms with E-state index in [1.807, 2.05) is 0 Å². The van der Waals surface area contributed by atoms with Gasteiger partial charge in [0.25, 0.3) is 0 Å². The van der Waals surface area contributed by atoms with Gasteiger partial charge in [-0.2, -0.15) is 10.5 Å². The van der Waals surface area contributed by atoms with E-state index in [0.717, 1.165) is 0 Å². The molecule has 0 saturated heterocycles. The highest BCUT2D eigenvalue weighted by atomic mass is 19.4. The molecule has 0 aromatic heterocycles. The first-order chi connectivity index (χ1) is 5.39. The maximum atomic E-state index is 11.9. The van der Waals surface area contributed by atoms with E-state index in [1.54, 1.807) is 0 Å². The van der Waals surface area contributed by atoms with Crippen LogP contribution in [0, 0.1) is 28.1 Å². The van der Waals surface area contributed by atoms with Gasteiger partial charge in [-0.3, -0.25) is 0 Å². The molecule has 2 nitrogen and oxygen atoms in total. The molecular formula is C6H7BF3N2-. The zero-order valence-corrected chi connectivity index (χ0v) is 6.52. The summed E-state index contributed by atoms with van der Waals surface area (Å²) in [6, 6.07) is 2.81. The molecule has 0 spiro atoms. The first-order valence-electron chi connectivity index (χ1n) is 3.42. The number of rotatable bonds is 3. The second-order valence-corrected chi connectivity index (χ2v) is 2.57. The molecule has 0 saturated carbocycles. The molecule has 0 heterocycles. The van der Waals surface area contributed by atoms with Gasteiger partial charge in [0.1, 0.15) is 5.41 Å². The molecule has 0 aromatic carbocycles. The molecule has 0 N–H and O–H groups in total. The van der Waals surface area contributed by atoms with Crippen molar-refractivity contribution >= 4 is 6.98 Å². The number of nitrogens with zero attached hydrogens (tertiary/aromatic N) is 2. The van der Waals surface area contributed by atoms with Crippen LogP contribution < -0.4 is 0 Å². The van der Waals surface area contributed by atoms with Gasteiger partial charge in [0.05, 0.1) is 12.1 Å². The van der Waals surface area contributed by atoms with E-state index >= 15 is 0 Å². The van der Waals surface area contributed by atoms with E-state index in [9.17, 15) is 12.9 Å². The van der Waals surface area contributed by atoms with Crippen LogP contribution in [0.25, 0.3) is 0 Å². The van der Waals surface area contributed by atoms with Gasteiger partial charge in [0.2, 0.25) is 0 Å². The highest BCUT2D eigenvalue weighted by Crippen LogP contribution is 2.33. The quantitative estimate of drug-likeness (QED) is 0.617. The second-order valence-electron chi connectivity index (χ2n) is 2.57. The summed E-state index contributed by atoms with van der Waals surface area (Å²) < 4.78 is 35.6. The smallest absolute Gasteiger partial charge is 0.449 e. The van der Waals surface area contributed by atoms with Crippen molar-refractivity contribution in [3.63, 3.8) is 0 Å². The van der Waals surface area contributed by atoms with Crippen molar-refractivity contribution in [3.8, 4) is 12.1 Å². The molecule has 0 radical (unpaired) electrons. The Balaban J connectivity index is 4.60. The fraction of sp³-hybridized carbons (Fsp3) is 0.667. The third kappa shape index (κ3) is 2.83. The van der Waals surface area contributed by atoms with Crippen molar-refractivity contribution in [1.82, 2.24) is 0 Å². The predicted octanol–water partition coefficient (Wildman–Crippen LogP) is 2.28. The van der Waals surface area contributed by atoms with Crippen molar-refractivity contribution in [2.45, 2.75) is 19.7 Å². The third-order valence-electron chi connectivity index (χ3n) is 1.61. The minimum Gasteiger partial charge on any atom is -0.449 e. The summed E-state index contributed by atoms with van der Waals surface area (Å²) in [4.78, 5) is 0. The lowest BCUT2D eigenvalue weighted by Gasteiger charge is -2.22. The molecule has 0 amide bonds. The lowest BCUT2D eigenvalue weighted by molar-refractivity contribution is 0.417. The van der Waals surface area contributed by atoms with Gasteiger partial charge in [-0.1, -0.05) is 13.2 Å². The standard InChI is InChI=1S/C6H7BF3N2/c1-2-6(4-11,5-12)3-7(8,9)10/h2-3H2,1H3/q-1. The van der Waals surface area contributed by atoms with Gasteiger partial charge < -0.3 is 12.9 Å². The summed E-state index contributed by atoms with van der Waals surface area (Å²) in [6.45, 7) is -3.66. The Labute approximate surface area is 68.7 Å². The van der Waals surface area contributed by atoms with E-state index in [1.165, 1.54) is 19.1 Å². The Morgan fingerprint density at radius 1 is 1.25 bits per heavy atom. The van der Waals surface area contributed by atoms with Crippen LogP contribution in [0.4, 0.5) is 12.9 Å². The summed E-state index contributed by atoms with van der Waals surface area (Å²) in [5.41, 5.74) is -1.88. The Bertz CT molecular complexity index is 221. The van der Waals surface area contributed by atoms with E-state index in [0.29, 0.717) is 0 Å². The van der Waals surface area contributed by atoms with E-state index < -0.39 is 18.7 Å². The molecular weight excluding hydrogens is 168 g/mol. The lowest BCUT2D eigenvalue weighted by Crippen LogP contribution is -2.27. The number of nitriles is 2. The maximum Gasteiger partial charge on any atom is 0.480 e. The van der Waals surface area contributed by atoms with Crippen LogP contribution in [0.2, 0.25) is 6.32 Å². The molecule has 12 heavy (non-hydrogen) atoms. The number of hydrogen-bond donors (Lipinski definition) is 0. The fourth-order valence-electron chi connectivity index (χ4n) is 0.814. The largest absolute Gasteiger partial charge is 0.480 e. The SMILES string of the molecule is CCC(C#N)(C#N)C[B-](F)(F)F. The van der Waals surface area contributed by atoms with E-state index in [-0.39, 0.29) is 6.42 Å². The molecule has 0 aliphatic heterocycles. The average molecular weight is 175 g/mol. The maximum absolute atomic E-state index is 11.9. The normalized spacial score (nSPS) is 11.8. The monoisotopic (exact) mass is 175 g/mol. The lowest BCUT2D eigenvalue weighted by atomic mass is 9.68. The van der Waals surface area contributed by atoms with E-state index in [4.69, 9.17) is 10.5 Å². The van der Waals surface area contributed by atoms with E-state index in [2.05, 4.69) is 0 Å². The Morgan fingerprint density at radius 3 is 1.75 bits per heavy atom. The van der Waals surface area contributed by atoms with Gasteiger partial charge in [0.15, 0.2) is 0 Å². The number of hydrogen-bond acceptors (Lipinski definition) is 2. The molecule has 0 aliphatic carbocycles. The van der Waals surface area contributed by atoms with Crippen molar-refractivity contribution in [1.29, 1.82) is 10.5 Å². The molecule has 0 fully saturated rings. The highest BCUT2D eigenvalue weighted by molar-refractivity contribution is 6.58. The first-order valence-corrected chi connectivity index (χ1v) is 3.42. The van der Waals surface area contributed by atoms with Crippen molar-refractivity contribution in [3.05, 3.63) is 0 Å². The van der Waals surface area contributed by atoms with Crippen LogP contribution in [0.5, 0.6) is 0 Å². The van der Waals surface area contributed by atoms with Gasteiger partial charge >= 0.3 is 6.98 Å². The van der Waals surface area contributed by atoms with Gasteiger partial charge in [-0.15, -0.1) is 0 Å². The summed E-state index contributed by atoms with van der Waals surface area (Å²) in [5, 5.41) is 16.8. The third-order valence-corrected chi connectivity index (χ3v) is 1.61. The second kappa shape index (κ2) is 3.49. The number of halogens is 3. The summed E-state index contributed by atoms with van der Waals surface area (Å²) in [7, 11) is 0. The molecule has 0 rings (SSSR count). The predicted molar refractivity (Wildman–Crippen MR) is 37.8 cm³/mol. The van der Waals surface area contributed by atoms with Crippen LogP contribution in [0.1, 0.15) is 13.3 Å². The fourth-order valence-corrected chi connectivity index (χ4v) is 0.814. The molecule has 0 aromatic rings. The van der Waals surface area contributed by atoms with Crippen molar-refractivity contribution in [2.24, 2.45) is 5.41 Å². The Hall–Kier alpha value is -1.17. The molecule has 0 bridgehead atoms. The average Bonchev–Trinajstić information content (AvgIpc) is 1.99. The topological polar surface area (TPSA) is 47.6 Å². The molecule has 0 unspecified atom stereocenters. The molecule has 66 valence electrons. The van der Waals surface area contributed by atoms with Crippen LogP contribution in [-0.4, -0.2) is 6.98 Å². The molecule has 0 aliphatic rings. The molecule has 6 heteroatoms.